The lowest BCUT2D eigenvalue weighted by Gasteiger charge is -2.25. The first-order valence-electron chi connectivity index (χ1n) is 6.65. The van der Waals surface area contributed by atoms with Gasteiger partial charge in [0.05, 0.1) is 0 Å². The van der Waals surface area contributed by atoms with Crippen molar-refractivity contribution in [3.8, 4) is 0 Å². The predicted octanol–water partition coefficient (Wildman–Crippen LogP) is 2.62. The Morgan fingerprint density at radius 1 is 1.53 bits per heavy atom. The van der Waals surface area contributed by atoms with Crippen molar-refractivity contribution in [2.24, 2.45) is 0 Å². The van der Waals surface area contributed by atoms with E-state index in [0.29, 0.717) is 6.04 Å². The van der Waals surface area contributed by atoms with Crippen LogP contribution < -0.4 is 5.56 Å². The summed E-state index contributed by atoms with van der Waals surface area (Å²) in [5, 5.41) is 0. The molecule has 0 aromatic carbocycles. The molecule has 0 radical (unpaired) electrons. The summed E-state index contributed by atoms with van der Waals surface area (Å²) >= 11 is 0. The summed E-state index contributed by atoms with van der Waals surface area (Å²) < 4.78 is 0. The normalized spacial score (nSPS) is 20.9. The second-order valence-corrected chi connectivity index (χ2v) is 4.98. The molecular weight excluding hydrogens is 212 g/mol. The third-order valence-electron chi connectivity index (χ3n) is 3.69. The Morgan fingerprint density at radius 3 is 3.06 bits per heavy atom. The van der Waals surface area contributed by atoms with E-state index in [1.165, 1.54) is 44.3 Å². The second-order valence-electron chi connectivity index (χ2n) is 4.98. The summed E-state index contributed by atoms with van der Waals surface area (Å²) in [7, 11) is 0. The van der Waals surface area contributed by atoms with Crippen LogP contribution in [0.5, 0.6) is 0 Å². The van der Waals surface area contributed by atoms with Gasteiger partial charge in [-0.15, -0.1) is 0 Å². The van der Waals surface area contributed by atoms with E-state index in [-0.39, 0.29) is 5.56 Å². The lowest BCUT2D eigenvalue weighted by Crippen LogP contribution is -2.25. The van der Waals surface area contributed by atoms with Crippen molar-refractivity contribution in [2.75, 3.05) is 13.1 Å². The van der Waals surface area contributed by atoms with Gasteiger partial charge in [-0.1, -0.05) is 13.3 Å². The highest BCUT2D eigenvalue weighted by atomic mass is 16.1. The van der Waals surface area contributed by atoms with Gasteiger partial charge >= 0.3 is 0 Å². The van der Waals surface area contributed by atoms with Gasteiger partial charge in [0.1, 0.15) is 0 Å². The van der Waals surface area contributed by atoms with Crippen molar-refractivity contribution >= 4 is 0 Å². The number of H-pyrrole nitrogens is 1. The molecule has 1 aliphatic rings. The van der Waals surface area contributed by atoms with Crippen LogP contribution in [0.25, 0.3) is 0 Å². The summed E-state index contributed by atoms with van der Waals surface area (Å²) in [6, 6.07) is 2.23. The van der Waals surface area contributed by atoms with Gasteiger partial charge < -0.3 is 4.98 Å². The van der Waals surface area contributed by atoms with Gasteiger partial charge in [0.25, 0.3) is 0 Å². The summed E-state index contributed by atoms with van der Waals surface area (Å²) in [5.74, 6) is 0. The Bertz CT molecular complexity index is 424. The Morgan fingerprint density at radius 2 is 2.35 bits per heavy atom. The maximum Gasteiger partial charge on any atom is 0.248 e. The zero-order valence-electron chi connectivity index (χ0n) is 10.8. The number of hydrogen-bond acceptors (Lipinski definition) is 2. The zero-order chi connectivity index (χ0) is 12.3. The number of aromatic amines is 1. The quantitative estimate of drug-likeness (QED) is 0.869. The molecule has 1 fully saturated rings. The van der Waals surface area contributed by atoms with E-state index in [1.807, 2.05) is 13.1 Å². The van der Waals surface area contributed by atoms with Gasteiger partial charge in [0.15, 0.2) is 0 Å². The summed E-state index contributed by atoms with van der Waals surface area (Å²) in [6.07, 6.45) is 6.91. The molecule has 17 heavy (non-hydrogen) atoms. The van der Waals surface area contributed by atoms with E-state index in [9.17, 15) is 4.79 Å². The van der Waals surface area contributed by atoms with Crippen LogP contribution >= 0.6 is 0 Å². The molecule has 1 N–H and O–H groups in total. The number of aromatic nitrogens is 1. The number of nitrogens with zero attached hydrogens (tertiary/aromatic N) is 1. The standard InChI is InChI=1S/C14H22N2O/c1-3-4-7-16-8-5-6-13(16)12-10-15-14(17)9-11(12)2/h9-10,13H,3-8H2,1-2H3,(H,15,17). The topological polar surface area (TPSA) is 36.1 Å². The van der Waals surface area contributed by atoms with Gasteiger partial charge in [-0.2, -0.15) is 0 Å². The highest BCUT2D eigenvalue weighted by Gasteiger charge is 2.26. The molecule has 1 aliphatic heterocycles. The van der Waals surface area contributed by atoms with Crippen molar-refractivity contribution in [2.45, 2.75) is 45.6 Å². The van der Waals surface area contributed by atoms with Crippen LogP contribution in [0.1, 0.15) is 49.8 Å². The number of rotatable bonds is 4. The summed E-state index contributed by atoms with van der Waals surface area (Å²) in [5.41, 5.74) is 2.43. The Hall–Kier alpha value is -1.09. The van der Waals surface area contributed by atoms with Crippen molar-refractivity contribution < 1.29 is 0 Å². The average molecular weight is 234 g/mol. The van der Waals surface area contributed by atoms with E-state index in [0.717, 1.165) is 5.56 Å². The third kappa shape index (κ3) is 2.78. The molecule has 2 heterocycles. The Kier molecular flexibility index (Phi) is 4.00. The SMILES string of the molecule is CCCCN1CCCC1c1c[nH]c(=O)cc1C. The van der Waals surface area contributed by atoms with Crippen LogP contribution in [0.3, 0.4) is 0 Å². The van der Waals surface area contributed by atoms with Crippen molar-refractivity contribution in [3.05, 3.63) is 33.7 Å². The zero-order valence-corrected chi connectivity index (χ0v) is 10.8. The fraction of sp³-hybridized carbons (Fsp3) is 0.643. The molecule has 94 valence electrons. The maximum absolute atomic E-state index is 11.2. The Balaban J connectivity index is 2.17. The third-order valence-corrected chi connectivity index (χ3v) is 3.69. The summed E-state index contributed by atoms with van der Waals surface area (Å²) in [4.78, 5) is 16.6. The van der Waals surface area contributed by atoms with E-state index >= 15 is 0 Å². The van der Waals surface area contributed by atoms with Gasteiger partial charge in [-0.3, -0.25) is 9.69 Å². The van der Waals surface area contributed by atoms with Crippen LogP contribution in [0.4, 0.5) is 0 Å². The monoisotopic (exact) mass is 234 g/mol. The van der Waals surface area contributed by atoms with E-state index < -0.39 is 0 Å². The molecule has 0 amide bonds. The van der Waals surface area contributed by atoms with E-state index in [1.54, 1.807) is 6.07 Å². The largest absolute Gasteiger partial charge is 0.329 e. The first-order valence-corrected chi connectivity index (χ1v) is 6.65. The lowest BCUT2D eigenvalue weighted by molar-refractivity contribution is 0.252. The predicted molar refractivity (Wildman–Crippen MR) is 70.3 cm³/mol. The van der Waals surface area contributed by atoms with Gasteiger partial charge in [0, 0.05) is 18.3 Å². The van der Waals surface area contributed by atoms with Gasteiger partial charge in [-0.25, -0.2) is 0 Å². The number of nitrogens with one attached hydrogen (secondary N) is 1. The van der Waals surface area contributed by atoms with Gasteiger partial charge in [0.2, 0.25) is 5.56 Å². The van der Waals surface area contributed by atoms with Crippen LogP contribution in [0.2, 0.25) is 0 Å². The number of aryl methyl sites for hydroxylation is 1. The second kappa shape index (κ2) is 5.50. The number of unbranched alkanes of at least 4 members (excludes halogenated alkanes) is 1. The minimum Gasteiger partial charge on any atom is -0.329 e. The van der Waals surface area contributed by atoms with Crippen molar-refractivity contribution in [3.63, 3.8) is 0 Å². The smallest absolute Gasteiger partial charge is 0.248 e. The molecule has 0 bridgehead atoms. The molecule has 2 rings (SSSR count). The lowest BCUT2D eigenvalue weighted by atomic mass is 10.0. The van der Waals surface area contributed by atoms with E-state index in [2.05, 4.69) is 16.8 Å². The van der Waals surface area contributed by atoms with Crippen molar-refractivity contribution in [1.82, 2.24) is 9.88 Å². The van der Waals surface area contributed by atoms with Crippen LogP contribution in [-0.4, -0.2) is 23.0 Å². The minimum atomic E-state index is 0.00403. The molecule has 3 heteroatoms. The minimum absolute atomic E-state index is 0.00403. The first kappa shape index (κ1) is 12.4. The number of hydrogen-bond donors (Lipinski definition) is 1. The molecule has 1 unspecified atom stereocenters. The Labute approximate surface area is 103 Å². The molecular formula is C14H22N2O. The molecule has 1 aromatic heterocycles. The fourth-order valence-corrected chi connectivity index (χ4v) is 2.75. The molecule has 1 atom stereocenters. The highest BCUT2D eigenvalue weighted by molar-refractivity contribution is 5.26. The highest BCUT2D eigenvalue weighted by Crippen LogP contribution is 2.32. The molecule has 0 aliphatic carbocycles. The molecule has 1 saturated heterocycles. The maximum atomic E-state index is 11.2. The van der Waals surface area contributed by atoms with Crippen LogP contribution in [0, 0.1) is 6.92 Å². The van der Waals surface area contributed by atoms with Crippen molar-refractivity contribution in [1.29, 1.82) is 0 Å². The number of pyridine rings is 1. The molecule has 0 saturated carbocycles. The van der Waals surface area contributed by atoms with Gasteiger partial charge in [-0.05, 0) is 50.4 Å². The summed E-state index contributed by atoms with van der Waals surface area (Å²) in [6.45, 7) is 6.65. The van der Waals surface area contributed by atoms with E-state index in [4.69, 9.17) is 0 Å². The average Bonchev–Trinajstić information content (AvgIpc) is 2.74. The number of likely N-dealkylation sites (tertiary alicyclic amines) is 1. The van der Waals surface area contributed by atoms with Crippen LogP contribution in [-0.2, 0) is 0 Å². The molecule has 1 aromatic rings. The van der Waals surface area contributed by atoms with Crippen LogP contribution in [0.15, 0.2) is 17.1 Å². The molecule has 3 nitrogen and oxygen atoms in total. The first-order chi connectivity index (χ1) is 8.22. The molecule has 0 spiro atoms. The fourth-order valence-electron chi connectivity index (χ4n) is 2.75.